The molecule has 0 saturated carbocycles. The highest BCUT2D eigenvalue weighted by atomic mass is 32.2. The standard InChI is InChI=1S/C39H46N4O6S2/c1-30-3-7-34(8-4-30)48-25-23-40-15-19-42(20-16-40)50(44,45)36-11-13-38-32(28-36)27-33-29-37(12-14-39(33)38)51(46,47)43-21-17-41(18-22-43)24-26-49-35-9-5-31(2)6-10-35/h3-14,28-29H,15-27H2,1-2H3. The summed E-state index contributed by atoms with van der Waals surface area (Å²) in [5.41, 5.74) is 6.07. The summed E-state index contributed by atoms with van der Waals surface area (Å²) in [5, 5.41) is 0. The van der Waals surface area contributed by atoms with Crippen molar-refractivity contribution in [2.45, 2.75) is 30.1 Å². The van der Waals surface area contributed by atoms with Crippen molar-refractivity contribution in [1.29, 1.82) is 0 Å². The molecule has 3 aliphatic rings. The Morgan fingerprint density at radius 1 is 0.510 bits per heavy atom. The van der Waals surface area contributed by atoms with Crippen LogP contribution in [-0.4, -0.2) is 114 Å². The van der Waals surface area contributed by atoms with Crippen molar-refractivity contribution in [2.24, 2.45) is 0 Å². The fourth-order valence-electron chi connectivity index (χ4n) is 7.02. The average molecular weight is 731 g/mol. The number of nitrogens with zero attached hydrogens (tertiary/aromatic N) is 4. The highest BCUT2D eigenvalue weighted by molar-refractivity contribution is 7.89. The monoisotopic (exact) mass is 730 g/mol. The lowest BCUT2D eigenvalue weighted by molar-refractivity contribution is 0.158. The topological polar surface area (TPSA) is 99.7 Å². The summed E-state index contributed by atoms with van der Waals surface area (Å²) in [4.78, 5) is 5.02. The summed E-state index contributed by atoms with van der Waals surface area (Å²) in [6.07, 6.45) is 0.487. The second-order valence-corrected chi connectivity index (χ2v) is 17.5. The van der Waals surface area contributed by atoms with Gasteiger partial charge in [-0.3, -0.25) is 9.80 Å². The van der Waals surface area contributed by atoms with E-state index in [0.29, 0.717) is 72.0 Å². The van der Waals surface area contributed by atoms with Crippen molar-refractivity contribution in [3.63, 3.8) is 0 Å². The van der Waals surface area contributed by atoms with Gasteiger partial charge < -0.3 is 9.47 Å². The molecule has 51 heavy (non-hydrogen) atoms. The molecule has 0 bridgehead atoms. The van der Waals surface area contributed by atoms with Gasteiger partial charge in [-0.1, -0.05) is 47.5 Å². The Balaban J connectivity index is 0.919. The third kappa shape index (κ3) is 8.01. The summed E-state index contributed by atoms with van der Waals surface area (Å²) >= 11 is 0. The molecule has 10 nitrogen and oxygen atoms in total. The minimum Gasteiger partial charge on any atom is -0.492 e. The number of hydrogen-bond acceptors (Lipinski definition) is 8. The van der Waals surface area contributed by atoms with E-state index in [-0.39, 0.29) is 9.79 Å². The number of piperazine rings is 2. The molecule has 270 valence electrons. The Morgan fingerprint density at radius 3 is 1.25 bits per heavy atom. The average Bonchev–Trinajstić information content (AvgIpc) is 3.51. The molecular weight excluding hydrogens is 685 g/mol. The minimum atomic E-state index is -3.67. The third-order valence-electron chi connectivity index (χ3n) is 10.2. The van der Waals surface area contributed by atoms with Gasteiger partial charge in [-0.25, -0.2) is 16.8 Å². The molecule has 0 amide bonds. The molecule has 12 heteroatoms. The number of rotatable bonds is 12. The smallest absolute Gasteiger partial charge is 0.243 e. The summed E-state index contributed by atoms with van der Waals surface area (Å²) in [5.74, 6) is 1.67. The molecule has 2 fully saturated rings. The maximum Gasteiger partial charge on any atom is 0.243 e. The van der Waals surface area contributed by atoms with Crippen LogP contribution in [0.2, 0.25) is 0 Å². The molecule has 2 aliphatic heterocycles. The second-order valence-electron chi connectivity index (χ2n) is 13.6. The molecular formula is C39H46N4O6S2. The summed E-state index contributed by atoms with van der Waals surface area (Å²) < 4.78 is 69.7. The first-order chi connectivity index (χ1) is 24.6. The van der Waals surface area contributed by atoms with E-state index in [1.165, 1.54) is 11.1 Å². The van der Waals surface area contributed by atoms with Gasteiger partial charge in [0.25, 0.3) is 0 Å². The first kappa shape index (κ1) is 35.6. The van der Waals surface area contributed by atoms with Crippen molar-refractivity contribution >= 4 is 20.0 Å². The van der Waals surface area contributed by atoms with Gasteiger partial charge >= 0.3 is 0 Å². The molecule has 4 aromatic rings. The van der Waals surface area contributed by atoms with Crippen molar-refractivity contribution in [2.75, 3.05) is 78.7 Å². The van der Waals surface area contributed by atoms with Gasteiger partial charge in [0, 0.05) is 65.4 Å². The van der Waals surface area contributed by atoms with Crippen molar-refractivity contribution in [3.05, 3.63) is 107 Å². The predicted molar refractivity (Wildman–Crippen MR) is 198 cm³/mol. The van der Waals surface area contributed by atoms with Gasteiger partial charge in [0.05, 0.1) is 9.79 Å². The Bertz CT molecular complexity index is 1910. The fourth-order valence-corrected chi connectivity index (χ4v) is 9.97. The largest absolute Gasteiger partial charge is 0.492 e. The maximum absolute atomic E-state index is 13.7. The molecule has 2 heterocycles. The molecule has 7 rings (SSSR count). The highest BCUT2D eigenvalue weighted by Gasteiger charge is 2.32. The van der Waals surface area contributed by atoms with Crippen molar-refractivity contribution < 1.29 is 26.3 Å². The van der Waals surface area contributed by atoms with Crippen LogP contribution < -0.4 is 9.47 Å². The lowest BCUT2D eigenvalue weighted by atomic mass is 10.1. The van der Waals surface area contributed by atoms with Crippen LogP contribution >= 0.6 is 0 Å². The lowest BCUT2D eigenvalue weighted by Crippen LogP contribution is -2.49. The van der Waals surface area contributed by atoms with Crippen LogP contribution in [0.15, 0.2) is 94.7 Å². The number of fused-ring (bicyclic) bond motifs is 3. The zero-order chi connectivity index (χ0) is 35.6. The summed E-state index contributed by atoms with van der Waals surface area (Å²) in [7, 11) is -7.35. The molecule has 4 aromatic carbocycles. The number of benzene rings is 4. The van der Waals surface area contributed by atoms with E-state index in [2.05, 4.69) is 9.80 Å². The molecule has 2 saturated heterocycles. The molecule has 0 N–H and O–H groups in total. The van der Waals surface area contributed by atoms with E-state index in [1.54, 1.807) is 32.9 Å². The van der Waals surface area contributed by atoms with Crippen LogP contribution in [0.3, 0.4) is 0 Å². The predicted octanol–water partition coefficient (Wildman–Crippen LogP) is 4.65. The van der Waals surface area contributed by atoms with Gasteiger partial charge in [-0.15, -0.1) is 0 Å². The second kappa shape index (κ2) is 15.1. The Morgan fingerprint density at radius 2 is 0.882 bits per heavy atom. The fraction of sp³-hybridized carbons (Fsp3) is 0.385. The normalized spacial score (nSPS) is 17.6. The van der Waals surface area contributed by atoms with Crippen LogP contribution in [-0.2, 0) is 26.5 Å². The van der Waals surface area contributed by atoms with Crippen molar-refractivity contribution in [1.82, 2.24) is 18.4 Å². The van der Waals surface area contributed by atoms with Crippen molar-refractivity contribution in [3.8, 4) is 22.6 Å². The number of ether oxygens (including phenoxy) is 2. The van der Waals surface area contributed by atoms with Gasteiger partial charge in [0.1, 0.15) is 24.7 Å². The summed E-state index contributed by atoms with van der Waals surface area (Å²) in [6, 6.07) is 26.6. The van der Waals surface area contributed by atoms with Crippen LogP contribution in [0, 0.1) is 13.8 Å². The Hall–Kier alpha value is -3.78. The number of aryl methyl sites for hydroxylation is 2. The molecule has 0 atom stereocenters. The van der Waals surface area contributed by atoms with Crippen LogP contribution in [0.25, 0.3) is 11.1 Å². The van der Waals surface area contributed by atoms with Gasteiger partial charge in [0.2, 0.25) is 20.0 Å². The molecule has 0 spiro atoms. The Labute approximate surface area is 302 Å². The van der Waals surface area contributed by atoms with Gasteiger partial charge in [-0.05, 0) is 91.1 Å². The maximum atomic E-state index is 13.7. The number of sulfonamides is 2. The number of hydrogen-bond donors (Lipinski definition) is 0. The van der Waals surface area contributed by atoms with Crippen LogP contribution in [0.4, 0.5) is 0 Å². The van der Waals surface area contributed by atoms with E-state index in [9.17, 15) is 16.8 Å². The van der Waals surface area contributed by atoms with Gasteiger partial charge in [-0.2, -0.15) is 8.61 Å². The van der Waals surface area contributed by atoms with Crippen LogP contribution in [0.5, 0.6) is 11.5 Å². The van der Waals surface area contributed by atoms with Gasteiger partial charge in [0.15, 0.2) is 0 Å². The van der Waals surface area contributed by atoms with E-state index in [1.807, 2.05) is 74.5 Å². The quantitative estimate of drug-likeness (QED) is 0.183. The minimum absolute atomic E-state index is 0.278. The van der Waals surface area contributed by atoms with E-state index in [0.717, 1.165) is 46.8 Å². The van der Waals surface area contributed by atoms with E-state index in [4.69, 9.17) is 9.47 Å². The van der Waals surface area contributed by atoms with E-state index >= 15 is 0 Å². The van der Waals surface area contributed by atoms with E-state index < -0.39 is 20.0 Å². The highest BCUT2D eigenvalue weighted by Crippen LogP contribution is 2.39. The molecule has 0 unspecified atom stereocenters. The van der Waals surface area contributed by atoms with Crippen LogP contribution in [0.1, 0.15) is 22.3 Å². The zero-order valence-corrected chi connectivity index (χ0v) is 31.0. The zero-order valence-electron chi connectivity index (χ0n) is 29.3. The SMILES string of the molecule is Cc1ccc(OCCN2CCN(S(=O)(=O)c3ccc4c(c3)Cc3cc(S(=O)(=O)N5CCN(CCOc6ccc(C)cc6)CC5)ccc3-4)CC2)cc1. The molecule has 0 radical (unpaired) electrons. The molecule has 0 aromatic heterocycles. The first-order valence-electron chi connectivity index (χ1n) is 17.7. The molecule has 1 aliphatic carbocycles. The lowest BCUT2D eigenvalue weighted by Gasteiger charge is -2.33. The first-order valence-corrected chi connectivity index (χ1v) is 20.5. The Kier molecular flexibility index (Phi) is 10.5. The third-order valence-corrected chi connectivity index (χ3v) is 13.9. The summed E-state index contributed by atoms with van der Waals surface area (Å²) in [6.45, 7) is 10.9.